The fraction of sp³-hybridized carbons (Fsp3) is 0.417. The number of ether oxygens (including phenoxy) is 2. The van der Waals surface area contributed by atoms with Crippen LogP contribution in [-0.4, -0.2) is 77.4 Å². The number of likely N-dealkylation sites (N-methyl/N-ethyl adjacent to an activating group) is 1. The molecule has 0 radical (unpaired) electrons. The van der Waals surface area contributed by atoms with Gasteiger partial charge in [-0.1, -0.05) is 6.58 Å². The SMILES string of the molecule is C=C1c2cc(N3CC[C@@H](Oc4ccc(OCC(C)(F)F)nc4)C3=O)cnc2CN1CC(=O)N(C)C. The number of amides is 2. The molecule has 2 aliphatic heterocycles. The van der Waals surface area contributed by atoms with Crippen molar-refractivity contribution in [1.82, 2.24) is 19.8 Å². The minimum absolute atomic E-state index is 0.0359. The molecule has 0 spiro atoms. The van der Waals surface area contributed by atoms with E-state index in [9.17, 15) is 18.4 Å². The lowest BCUT2D eigenvalue weighted by atomic mass is 10.2. The summed E-state index contributed by atoms with van der Waals surface area (Å²) < 4.78 is 36.6. The topological polar surface area (TPSA) is 88.1 Å². The van der Waals surface area contributed by atoms with Gasteiger partial charge in [-0.15, -0.1) is 0 Å². The van der Waals surface area contributed by atoms with Crippen molar-refractivity contribution in [3.05, 3.63) is 48.4 Å². The van der Waals surface area contributed by atoms with Gasteiger partial charge in [-0.2, -0.15) is 0 Å². The molecular formula is C24H27F2N5O4. The van der Waals surface area contributed by atoms with E-state index >= 15 is 0 Å². The van der Waals surface area contributed by atoms with Gasteiger partial charge in [0.25, 0.3) is 11.8 Å². The van der Waals surface area contributed by atoms with Gasteiger partial charge in [-0.05, 0) is 12.1 Å². The highest BCUT2D eigenvalue weighted by Gasteiger charge is 2.36. The average molecular weight is 488 g/mol. The fourth-order valence-corrected chi connectivity index (χ4v) is 3.81. The van der Waals surface area contributed by atoms with Crippen LogP contribution in [0.5, 0.6) is 11.6 Å². The van der Waals surface area contributed by atoms with Crippen LogP contribution >= 0.6 is 0 Å². The lowest BCUT2D eigenvalue weighted by molar-refractivity contribution is -0.129. The molecule has 0 aromatic carbocycles. The van der Waals surface area contributed by atoms with Crippen LogP contribution in [0.25, 0.3) is 5.70 Å². The third-order valence-corrected chi connectivity index (χ3v) is 5.74. The van der Waals surface area contributed by atoms with Crippen LogP contribution in [0.2, 0.25) is 0 Å². The fourth-order valence-electron chi connectivity index (χ4n) is 3.81. The first-order valence-electron chi connectivity index (χ1n) is 11.1. The zero-order valence-electron chi connectivity index (χ0n) is 19.8. The highest BCUT2D eigenvalue weighted by molar-refractivity contribution is 5.99. The number of carbonyl (C=O) groups excluding carboxylic acids is 2. The van der Waals surface area contributed by atoms with Crippen LogP contribution in [0.4, 0.5) is 14.5 Å². The molecule has 2 aliphatic rings. The van der Waals surface area contributed by atoms with Crippen LogP contribution < -0.4 is 14.4 Å². The van der Waals surface area contributed by atoms with Crippen molar-refractivity contribution < 1.29 is 27.8 Å². The number of carbonyl (C=O) groups is 2. The lowest BCUT2D eigenvalue weighted by Gasteiger charge is -2.21. The number of hydrogen-bond donors (Lipinski definition) is 0. The molecule has 35 heavy (non-hydrogen) atoms. The van der Waals surface area contributed by atoms with Crippen LogP contribution in [0.1, 0.15) is 24.6 Å². The number of fused-ring (bicyclic) bond motifs is 1. The van der Waals surface area contributed by atoms with Crippen molar-refractivity contribution in [2.75, 3.05) is 38.7 Å². The molecule has 0 unspecified atom stereocenters. The molecule has 11 heteroatoms. The summed E-state index contributed by atoms with van der Waals surface area (Å²) in [7, 11) is 3.40. The molecule has 2 amide bonds. The van der Waals surface area contributed by atoms with Gasteiger partial charge in [0, 0.05) is 51.3 Å². The van der Waals surface area contributed by atoms with E-state index in [4.69, 9.17) is 9.47 Å². The summed E-state index contributed by atoms with van der Waals surface area (Å²) in [5.41, 5.74) is 2.94. The number of aromatic nitrogens is 2. The molecule has 0 N–H and O–H groups in total. The Morgan fingerprint density at radius 2 is 2.06 bits per heavy atom. The van der Waals surface area contributed by atoms with Crippen LogP contribution in [0.15, 0.2) is 37.2 Å². The summed E-state index contributed by atoms with van der Waals surface area (Å²) in [4.78, 5) is 38.6. The van der Waals surface area contributed by atoms with Gasteiger partial charge in [0.1, 0.15) is 5.75 Å². The van der Waals surface area contributed by atoms with E-state index in [1.165, 1.54) is 23.2 Å². The summed E-state index contributed by atoms with van der Waals surface area (Å²) >= 11 is 0. The number of pyridine rings is 2. The van der Waals surface area contributed by atoms with Gasteiger partial charge >= 0.3 is 0 Å². The third kappa shape index (κ3) is 5.50. The Morgan fingerprint density at radius 3 is 2.71 bits per heavy atom. The standard InChI is InChI=1S/C24H27F2N5O4/c1-15-18-9-16(10-27-19(18)12-30(15)13-22(32)29(3)4)31-8-7-20(23(31)33)35-17-5-6-21(28-11-17)34-14-24(2,25)26/h5-6,9-11,20H,1,7-8,12-14H2,2-4H3/t20-/m1/s1. The predicted molar refractivity (Wildman–Crippen MR) is 124 cm³/mol. The first-order chi connectivity index (χ1) is 16.5. The Bertz CT molecular complexity index is 1130. The molecule has 2 aromatic heterocycles. The van der Waals surface area contributed by atoms with Gasteiger partial charge in [0.2, 0.25) is 11.8 Å². The monoisotopic (exact) mass is 487 g/mol. The number of alkyl halides is 2. The van der Waals surface area contributed by atoms with Crippen molar-refractivity contribution in [3.8, 4) is 11.6 Å². The summed E-state index contributed by atoms with van der Waals surface area (Å²) in [5, 5.41) is 0. The summed E-state index contributed by atoms with van der Waals surface area (Å²) in [6.45, 7) is 5.22. The molecular weight excluding hydrogens is 460 g/mol. The minimum atomic E-state index is -2.96. The zero-order chi connectivity index (χ0) is 25.3. The number of nitrogens with zero attached hydrogens (tertiary/aromatic N) is 5. The Balaban J connectivity index is 1.39. The maximum Gasteiger partial charge on any atom is 0.278 e. The molecule has 0 saturated carbocycles. The number of rotatable bonds is 8. The Morgan fingerprint density at radius 1 is 1.29 bits per heavy atom. The Labute approximate surface area is 201 Å². The number of anilines is 1. The van der Waals surface area contributed by atoms with Gasteiger partial charge < -0.3 is 24.2 Å². The number of hydrogen-bond acceptors (Lipinski definition) is 7. The molecule has 2 aromatic rings. The van der Waals surface area contributed by atoms with Gasteiger partial charge in [-0.25, -0.2) is 13.8 Å². The zero-order valence-corrected chi connectivity index (χ0v) is 19.8. The highest BCUT2D eigenvalue weighted by atomic mass is 19.3. The lowest BCUT2D eigenvalue weighted by Crippen LogP contribution is -2.33. The van der Waals surface area contributed by atoms with E-state index in [2.05, 4.69) is 16.5 Å². The molecule has 4 rings (SSSR count). The molecule has 1 atom stereocenters. The first kappa shape index (κ1) is 24.4. The van der Waals surface area contributed by atoms with E-state index < -0.39 is 18.6 Å². The Hall–Kier alpha value is -3.76. The molecule has 186 valence electrons. The van der Waals surface area contributed by atoms with Crippen LogP contribution in [-0.2, 0) is 16.1 Å². The van der Waals surface area contributed by atoms with E-state index in [0.717, 1.165) is 18.2 Å². The van der Waals surface area contributed by atoms with Gasteiger partial charge in [0.15, 0.2) is 12.7 Å². The summed E-state index contributed by atoms with van der Waals surface area (Å²) in [5.74, 6) is -2.84. The Kier molecular flexibility index (Phi) is 6.60. The predicted octanol–water partition coefficient (Wildman–Crippen LogP) is 2.57. The van der Waals surface area contributed by atoms with E-state index in [1.807, 2.05) is 11.0 Å². The molecule has 9 nitrogen and oxygen atoms in total. The van der Waals surface area contributed by atoms with E-state index in [1.54, 1.807) is 25.2 Å². The summed E-state index contributed by atoms with van der Waals surface area (Å²) in [6, 6.07) is 4.81. The normalized spacial score (nSPS) is 17.6. The molecule has 1 saturated heterocycles. The molecule has 1 fully saturated rings. The minimum Gasteiger partial charge on any atom is -0.479 e. The van der Waals surface area contributed by atoms with Gasteiger partial charge in [0.05, 0.1) is 36.9 Å². The maximum atomic E-state index is 13.0. The van der Waals surface area contributed by atoms with Crippen molar-refractivity contribution >= 4 is 23.2 Å². The molecule has 0 bridgehead atoms. The van der Waals surface area contributed by atoms with Crippen molar-refractivity contribution in [2.45, 2.75) is 31.9 Å². The third-order valence-electron chi connectivity index (χ3n) is 5.74. The second-order valence-electron chi connectivity index (χ2n) is 8.85. The van der Waals surface area contributed by atoms with Crippen molar-refractivity contribution in [3.63, 3.8) is 0 Å². The highest BCUT2D eigenvalue weighted by Crippen LogP contribution is 2.34. The van der Waals surface area contributed by atoms with Crippen LogP contribution in [0.3, 0.4) is 0 Å². The first-order valence-corrected chi connectivity index (χ1v) is 11.1. The maximum absolute atomic E-state index is 13.0. The average Bonchev–Trinajstić information content (AvgIpc) is 3.32. The van der Waals surface area contributed by atoms with E-state index in [-0.39, 0.29) is 24.2 Å². The van der Waals surface area contributed by atoms with E-state index in [0.29, 0.717) is 36.6 Å². The molecule has 4 heterocycles. The quantitative estimate of drug-likeness (QED) is 0.566. The smallest absolute Gasteiger partial charge is 0.278 e. The number of halogens is 2. The van der Waals surface area contributed by atoms with Crippen molar-refractivity contribution in [2.24, 2.45) is 0 Å². The van der Waals surface area contributed by atoms with Crippen LogP contribution in [0, 0.1) is 0 Å². The largest absolute Gasteiger partial charge is 0.479 e. The molecule has 0 aliphatic carbocycles. The van der Waals surface area contributed by atoms with Crippen molar-refractivity contribution in [1.29, 1.82) is 0 Å². The second-order valence-corrected chi connectivity index (χ2v) is 8.85. The second kappa shape index (κ2) is 9.47. The summed E-state index contributed by atoms with van der Waals surface area (Å²) in [6.07, 6.45) is 2.72. The van der Waals surface area contributed by atoms with Gasteiger partial charge in [-0.3, -0.25) is 14.6 Å².